The van der Waals surface area contributed by atoms with E-state index in [-0.39, 0.29) is 22.5 Å². The fourth-order valence-electron chi connectivity index (χ4n) is 3.42. The second-order valence-electron chi connectivity index (χ2n) is 7.47. The number of ether oxygens (including phenoxy) is 1. The van der Waals surface area contributed by atoms with Gasteiger partial charge in [0.1, 0.15) is 0 Å². The molecule has 1 N–H and O–H groups in total. The van der Waals surface area contributed by atoms with Gasteiger partial charge in [-0.3, -0.25) is 9.52 Å². The molecule has 0 atom stereocenters. The van der Waals surface area contributed by atoms with Crippen LogP contribution in [0.4, 0.5) is 5.69 Å². The Bertz CT molecular complexity index is 1230. The van der Waals surface area contributed by atoms with E-state index in [1.54, 1.807) is 36.1 Å². The van der Waals surface area contributed by atoms with E-state index >= 15 is 0 Å². The van der Waals surface area contributed by atoms with Gasteiger partial charge < -0.3 is 14.2 Å². The third kappa shape index (κ3) is 4.66. The van der Waals surface area contributed by atoms with Gasteiger partial charge in [0.15, 0.2) is 0 Å². The number of carbonyl (C=O) groups is 1. The van der Waals surface area contributed by atoms with Crippen LogP contribution in [0.3, 0.4) is 0 Å². The summed E-state index contributed by atoms with van der Waals surface area (Å²) in [5, 5.41) is 3.88. The number of hydrogen-bond donors (Lipinski definition) is 1. The van der Waals surface area contributed by atoms with E-state index in [2.05, 4.69) is 14.9 Å². The van der Waals surface area contributed by atoms with E-state index in [1.165, 1.54) is 6.07 Å². The van der Waals surface area contributed by atoms with Crippen LogP contribution in [0.1, 0.15) is 28.7 Å². The van der Waals surface area contributed by atoms with Crippen LogP contribution in [0.15, 0.2) is 51.9 Å². The van der Waals surface area contributed by atoms with E-state index in [4.69, 9.17) is 9.26 Å². The van der Waals surface area contributed by atoms with E-state index in [1.807, 2.05) is 19.1 Å². The fraction of sp³-hybridized carbons (Fsp3) is 0.318. The zero-order chi connectivity index (χ0) is 22.7. The van der Waals surface area contributed by atoms with Gasteiger partial charge in [-0.15, -0.1) is 0 Å². The number of sulfonamides is 1. The number of morpholine rings is 1. The van der Waals surface area contributed by atoms with Gasteiger partial charge in [-0.2, -0.15) is 4.98 Å². The number of anilines is 1. The Labute approximate surface area is 186 Å². The van der Waals surface area contributed by atoms with Crippen molar-refractivity contribution in [2.75, 3.05) is 31.0 Å². The average Bonchev–Trinajstić information content (AvgIpc) is 3.29. The Balaban J connectivity index is 1.60. The summed E-state index contributed by atoms with van der Waals surface area (Å²) in [5.74, 6) is -0.364. The highest BCUT2D eigenvalue weighted by atomic mass is 32.2. The van der Waals surface area contributed by atoms with Crippen LogP contribution >= 0.6 is 0 Å². The molecule has 1 aliphatic heterocycles. The van der Waals surface area contributed by atoms with Crippen molar-refractivity contribution in [3.8, 4) is 11.4 Å². The SMILES string of the molecule is CCc1cccc(NS(=O)(=O)c2cc(-c3noc(C(=O)N4CCOCC4)n3)ccc2C)c1. The van der Waals surface area contributed by atoms with Crippen LogP contribution in [0.2, 0.25) is 0 Å². The molecule has 1 amide bonds. The van der Waals surface area contributed by atoms with Crippen molar-refractivity contribution in [2.45, 2.75) is 25.2 Å². The lowest BCUT2D eigenvalue weighted by Crippen LogP contribution is -2.40. The van der Waals surface area contributed by atoms with Crippen LogP contribution in [-0.4, -0.2) is 55.7 Å². The molecule has 3 aromatic rings. The average molecular weight is 457 g/mol. The Morgan fingerprint density at radius 2 is 1.94 bits per heavy atom. The van der Waals surface area contributed by atoms with Gasteiger partial charge in [-0.1, -0.05) is 36.3 Å². The molecular formula is C22H24N4O5S. The number of aromatic nitrogens is 2. The Morgan fingerprint density at radius 3 is 2.69 bits per heavy atom. The normalized spacial score (nSPS) is 14.4. The maximum Gasteiger partial charge on any atom is 0.316 e. The third-order valence-corrected chi connectivity index (χ3v) is 6.75. The molecule has 0 aliphatic carbocycles. The summed E-state index contributed by atoms with van der Waals surface area (Å²) >= 11 is 0. The van der Waals surface area contributed by atoms with Gasteiger partial charge in [-0.05, 0) is 42.7 Å². The lowest BCUT2D eigenvalue weighted by molar-refractivity contribution is 0.0272. The monoisotopic (exact) mass is 456 g/mol. The van der Waals surface area contributed by atoms with Crippen LogP contribution in [0.5, 0.6) is 0 Å². The van der Waals surface area contributed by atoms with E-state index in [0.717, 1.165) is 12.0 Å². The van der Waals surface area contributed by atoms with Crippen molar-refractivity contribution in [2.24, 2.45) is 0 Å². The highest BCUT2D eigenvalue weighted by Crippen LogP contribution is 2.26. The third-order valence-electron chi connectivity index (χ3n) is 5.23. The van der Waals surface area contributed by atoms with Crippen LogP contribution in [-0.2, 0) is 21.2 Å². The molecule has 0 saturated carbocycles. The lowest BCUT2D eigenvalue weighted by Gasteiger charge is -2.25. The number of amides is 1. The first kappa shape index (κ1) is 22.0. The van der Waals surface area contributed by atoms with Gasteiger partial charge >= 0.3 is 11.8 Å². The van der Waals surface area contributed by atoms with Crippen molar-refractivity contribution in [1.82, 2.24) is 15.0 Å². The van der Waals surface area contributed by atoms with Crippen LogP contribution in [0.25, 0.3) is 11.4 Å². The number of benzene rings is 2. The number of nitrogens with one attached hydrogen (secondary N) is 1. The minimum atomic E-state index is -3.85. The molecule has 0 radical (unpaired) electrons. The van der Waals surface area contributed by atoms with Crippen molar-refractivity contribution in [1.29, 1.82) is 0 Å². The summed E-state index contributed by atoms with van der Waals surface area (Å²) < 4.78 is 39.2. The van der Waals surface area contributed by atoms with E-state index < -0.39 is 10.0 Å². The standard InChI is InChI=1S/C22H24N4O5S/c1-3-16-5-4-6-18(13-16)25-32(28,29)19-14-17(8-7-15(19)2)20-23-21(31-24-20)22(27)26-9-11-30-12-10-26/h4-8,13-14,25H,3,9-12H2,1-2H3. The van der Waals surface area contributed by atoms with Crippen LogP contribution < -0.4 is 4.72 Å². The molecule has 1 aliphatic rings. The number of aryl methyl sites for hydroxylation is 2. The number of carbonyl (C=O) groups excluding carboxylic acids is 1. The molecule has 32 heavy (non-hydrogen) atoms. The fourth-order valence-corrected chi connectivity index (χ4v) is 4.74. The number of rotatable bonds is 6. The van der Waals surface area contributed by atoms with Crippen molar-refractivity contribution < 1.29 is 22.5 Å². The summed E-state index contributed by atoms with van der Waals surface area (Å²) in [6, 6.07) is 12.1. The number of nitrogens with zero attached hydrogens (tertiary/aromatic N) is 3. The van der Waals surface area contributed by atoms with Gasteiger partial charge in [-0.25, -0.2) is 8.42 Å². The minimum absolute atomic E-state index is 0.0998. The quantitative estimate of drug-likeness (QED) is 0.606. The molecule has 1 fully saturated rings. The minimum Gasteiger partial charge on any atom is -0.378 e. The van der Waals surface area contributed by atoms with E-state index in [9.17, 15) is 13.2 Å². The first-order valence-electron chi connectivity index (χ1n) is 10.3. The zero-order valence-electron chi connectivity index (χ0n) is 17.9. The maximum absolute atomic E-state index is 13.1. The van der Waals surface area contributed by atoms with Gasteiger partial charge in [0, 0.05) is 24.3 Å². The number of hydrogen-bond acceptors (Lipinski definition) is 7. The Morgan fingerprint density at radius 1 is 1.16 bits per heavy atom. The molecule has 0 unspecified atom stereocenters. The predicted molar refractivity (Wildman–Crippen MR) is 118 cm³/mol. The molecule has 168 valence electrons. The molecule has 2 heterocycles. The Kier molecular flexibility index (Phi) is 6.24. The first-order valence-corrected chi connectivity index (χ1v) is 11.8. The van der Waals surface area contributed by atoms with Gasteiger partial charge in [0.2, 0.25) is 5.82 Å². The highest BCUT2D eigenvalue weighted by Gasteiger charge is 2.25. The summed E-state index contributed by atoms with van der Waals surface area (Å²) in [6.07, 6.45) is 0.799. The summed E-state index contributed by atoms with van der Waals surface area (Å²) in [6.45, 7) is 5.54. The maximum atomic E-state index is 13.1. The van der Waals surface area contributed by atoms with Crippen molar-refractivity contribution in [3.63, 3.8) is 0 Å². The molecule has 9 nitrogen and oxygen atoms in total. The van der Waals surface area contributed by atoms with Crippen molar-refractivity contribution >= 4 is 21.6 Å². The predicted octanol–water partition coefficient (Wildman–Crippen LogP) is 2.88. The topological polar surface area (TPSA) is 115 Å². The smallest absolute Gasteiger partial charge is 0.316 e. The summed E-state index contributed by atoms with van der Waals surface area (Å²) in [7, 11) is -3.85. The first-order chi connectivity index (χ1) is 15.4. The molecule has 2 aromatic carbocycles. The molecule has 10 heteroatoms. The Hall–Kier alpha value is -3.24. The van der Waals surface area contributed by atoms with Crippen LogP contribution in [0, 0.1) is 6.92 Å². The molecule has 1 saturated heterocycles. The molecule has 0 spiro atoms. The summed E-state index contributed by atoms with van der Waals surface area (Å²) in [5.41, 5.74) is 2.52. The largest absolute Gasteiger partial charge is 0.378 e. The second kappa shape index (κ2) is 9.09. The van der Waals surface area contributed by atoms with E-state index in [0.29, 0.717) is 43.1 Å². The summed E-state index contributed by atoms with van der Waals surface area (Å²) in [4.78, 5) is 18.4. The molecule has 0 bridgehead atoms. The molecule has 1 aromatic heterocycles. The molecule has 4 rings (SSSR count). The lowest BCUT2D eigenvalue weighted by atomic mass is 10.1. The van der Waals surface area contributed by atoms with Gasteiger partial charge in [0.25, 0.3) is 10.0 Å². The zero-order valence-corrected chi connectivity index (χ0v) is 18.7. The molecular weight excluding hydrogens is 432 g/mol. The second-order valence-corrected chi connectivity index (χ2v) is 9.12. The van der Waals surface area contributed by atoms with Gasteiger partial charge in [0.05, 0.1) is 18.1 Å². The highest BCUT2D eigenvalue weighted by molar-refractivity contribution is 7.92. The van der Waals surface area contributed by atoms with Crippen molar-refractivity contribution in [3.05, 3.63) is 59.5 Å².